The Hall–Kier alpha value is -0.820. The van der Waals surface area contributed by atoms with Crippen molar-refractivity contribution in [3.05, 3.63) is 0 Å². The minimum absolute atomic E-state index is 0.0611. The Bertz CT molecular complexity index is 231. The normalized spacial score (nSPS) is 16.0. The maximum atomic E-state index is 11.9. The van der Waals surface area contributed by atoms with Crippen molar-refractivity contribution in [2.75, 3.05) is 13.1 Å². The lowest BCUT2D eigenvalue weighted by Crippen LogP contribution is -2.45. The molecule has 0 rings (SSSR count). The summed E-state index contributed by atoms with van der Waals surface area (Å²) < 4.78 is 35.7. The van der Waals surface area contributed by atoms with Crippen LogP contribution in [-0.2, 0) is 4.79 Å². The van der Waals surface area contributed by atoms with Crippen LogP contribution in [0.15, 0.2) is 0 Å². The zero-order valence-corrected chi connectivity index (χ0v) is 9.21. The number of aliphatic hydroxyl groups excluding tert-OH is 1. The first-order valence-corrected chi connectivity index (χ1v) is 4.92. The summed E-state index contributed by atoms with van der Waals surface area (Å²) in [7, 11) is 0. The van der Waals surface area contributed by atoms with Crippen LogP contribution in [0.4, 0.5) is 13.2 Å². The molecule has 0 aliphatic heterocycles. The second-order valence-corrected chi connectivity index (χ2v) is 3.89. The van der Waals surface area contributed by atoms with Gasteiger partial charge >= 0.3 is 6.18 Å². The number of hydrogen-bond acceptors (Lipinski definition) is 3. The molecule has 0 aliphatic rings. The third-order valence-corrected chi connectivity index (χ3v) is 2.24. The maximum Gasteiger partial charge on any atom is 0.416 e. The van der Waals surface area contributed by atoms with Crippen LogP contribution in [-0.4, -0.2) is 36.4 Å². The molecule has 2 atom stereocenters. The van der Waals surface area contributed by atoms with Gasteiger partial charge in [0.1, 0.15) is 0 Å². The van der Waals surface area contributed by atoms with E-state index in [0.29, 0.717) is 0 Å². The fourth-order valence-electron chi connectivity index (χ4n) is 1.13. The van der Waals surface area contributed by atoms with Gasteiger partial charge in [0.05, 0.1) is 12.5 Å². The summed E-state index contributed by atoms with van der Waals surface area (Å²) in [5, 5.41) is 10.7. The SMILES string of the molecule is CC(C)C(CN)C(=O)NCC(O)C(F)(F)F. The van der Waals surface area contributed by atoms with Gasteiger partial charge in [0.25, 0.3) is 0 Å². The molecule has 1 amide bonds. The van der Waals surface area contributed by atoms with Gasteiger partial charge in [0, 0.05) is 6.54 Å². The molecule has 0 bridgehead atoms. The van der Waals surface area contributed by atoms with Crippen molar-refractivity contribution in [3.63, 3.8) is 0 Å². The first-order valence-electron chi connectivity index (χ1n) is 4.92. The molecule has 0 aromatic heterocycles. The number of aliphatic hydroxyl groups is 1. The molecular weight excluding hydrogens is 225 g/mol. The molecular formula is C9H17F3N2O2. The first-order chi connectivity index (χ1) is 7.20. The van der Waals surface area contributed by atoms with Gasteiger partial charge in [-0.2, -0.15) is 13.2 Å². The summed E-state index contributed by atoms with van der Waals surface area (Å²) in [6.07, 6.45) is -7.26. The molecule has 0 saturated carbocycles. The number of carbonyl (C=O) groups is 1. The van der Waals surface area contributed by atoms with Crippen molar-refractivity contribution >= 4 is 5.91 Å². The summed E-state index contributed by atoms with van der Waals surface area (Å²) in [4.78, 5) is 11.4. The number of halogens is 3. The molecule has 4 N–H and O–H groups in total. The van der Waals surface area contributed by atoms with E-state index in [-0.39, 0.29) is 12.5 Å². The topological polar surface area (TPSA) is 75.4 Å². The van der Waals surface area contributed by atoms with Crippen LogP contribution in [0.2, 0.25) is 0 Å². The summed E-state index contributed by atoms with van der Waals surface area (Å²) >= 11 is 0. The molecule has 0 heterocycles. The van der Waals surface area contributed by atoms with Gasteiger partial charge in [0.2, 0.25) is 5.91 Å². The van der Waals surface area contributed by atoms with E-state index in [1.165, 1.54) is 0 Å². The molecule has 16 heavy (non-hydrogen) atoms. The Kier molecular flexibility index (Phi) is 5.74. The highest BCUT2D eigenvalue weighted by Gasteiger charge is 2.38. The zero-order chi connectivity index (χ0) is 12.9. The molecule has 0 aromatic rings. The highest BCUT2D eigenvalue weighted by atomic mass is 19.4. The lowest BCUT2D eigenvalue weighted by Gasteiger charge is -2.20. The smallest absolute Gasteiger partial charge is 0.382 e. The van der Waals surface area contributed by atoms with Crippen molar-refractivity contribution in [1.29, 1.82) is 0 Å². The molecule has 0 aliphatic carbocycles. The van der Waals surface area contributed by atoms with Crippen molar-refractivity contribution in [1.82, 2.24) is 5.32 Å². The van der Waals surface area contributed by atoms with Crippen molar-refractivity contribution in [3.8, 4) is 0 Å². The predicted octanol–water partition coefficient (Wildman–Crippen LogP) is 0.257. The van der Waals surface area contributed by atoms with E-state index >= 15 is 0 Å². The number of hydrogen-bond donors (Lipinski definition) is 3. The van der Waals surface area contributed by atoms with Crippen LogP contribution in [0.5, 0.6) is 0 Å². The molecule has 2 unspecified atom stereocenters. The van der Waals surface area contributed by atoms with Crippen molar-refractivity contribution in [2.24, 2.45) is 17.6 Å². The second-order valence-electron chi connectivity index (χ2n) is 3.89. The molecule has 7 heteroatoms. The number of alkyl halides is 3. The lowest BCUT2D eigenvalue weighted by atomic mass is 9.95. The average Bonchev–Trinajstić information content (AvgIpc) is 2.12. The van der Waals surface area contributed by atoms with Gasteiger partial charge in [-0.3, -0.25) is 4.79 Å². The largest absolute Gasteiger partial charge is 0.416 e. The van der Waals surface area contributed by atoms with Crippen molar-refractivity contribution < 1.29 is 23.1 Å². The minimum atomic E-state index is -4.72. The molecule has 4 nitrogen and oxygen atoms in total. The van der Waals surface area contributed by atoms with Crippen LogP contribution >= 0.6 is 0 Å². The van der Waals surface area contributed by atoms with Gasteiger partial charge in [-0.25, -0.2) is 0 Å². The molecule has 0 fully saturated rings. The minimum Gasteiger partial charge on any atom is -0.382 e. The monoisotopic (exact) mass is 242 g/mol. The fraction of sp³-hybridized carbons (Fsp3) is 0.889. The van der Waals surface area contributed by atoms with E-state index in [0.717, 1.165) is 0 Å². The Labute approximate surface area is 92.0 Å². The number of carbonyl (C=O) groups excluding carboxylic acids is 1. The highest BCUT2D eigenvalue weighted by Crippen LogP contribution is 2.19. The van der Waals surface area contributed by atoms with Gasteiger partial charge in [0.15, 0.2) is 6.10 Å². The third-order valence-electron chi connectivity index (χ3n) is 2.24. The van der Waals surface area contributed by atoms with Gasteiger partial charge < -0.3 is 16.2 Å². The Morgan fingerprint density at radius 3 is 2.25 bits per heavy atom. The van der Waals surface area contributed by atoms with E-state index in [1.807, 2.05) is 5.32 Å². The number of nitrogens with one attached hydrogen (secondary N) is 1. The third kappa shape index (κ3) is 4.80. The summed E-state index contributed by atoms with van der Waals surface area (Å²) in [6, 6.07) is 0. The summed E-state index contributed by atoms with van der Waals surface area (Å²) in [5.41, 5.74) is 5.32. The summed E-state index contributed by atoms with van der Waals surface area (Å²) in [5.74, 6) is -1.17. The quantitative estimate of drug-likeness (QED) is 0.647. The van der Waals surface area contributed by atoms with E-state index in [1.54, 1.807) is 13.8 Å². The first kappa shape index (κ1) is 15.2. The van der Waals surface area contributed by atoms with E-state index in [2.05, 4.69) is 0 Å². The molecule has 0 aromatic carbocycles. The zero-order valence-electron chi connectivity index (χ0n) is 9.21. The van der Waals surface area contributed by atoms with E-state index in [4.69, 9.17) is 10.8 Å². The van der Waals surface area contributed by atoms with Crippen LogP contribution in [0, 0.1) is 11.8 Å². The van der Waals surface area contributed by atoms with Gasteiger partial charge in [-0.1, -0.05) is 13.8 Å². The molecule has 0 spiro atoms. The molecule has 0 radical (unpaired) electrons. The number of amides is 1. The predicted molar refractivity (Wildman–Crippen MR) is 52.5 cm³/mol. The van der Waals surface area contributed by atoms with Gasteiger partial charge in [-0.05, 0) is 5.92 Å². The molecule has 96 valence electrons. The van der Waals surface area contributed by atoms with Gasteiger partial charge in [-0.15, -0.1) is 0 Å². The average molecular weight is 242 g/mol. The van der Waals surface area contributed by atoms with E-state index < -0.39 is 30.7 Å². The van der Waals surface area contributed by atoms with Crippen LogP contribution in [0.3, 0.4) is 0 Å². The maximum absolute atomic E-state index is 11.9. The highest BCUT2D eigenvalue weighted by molar-refractivity contribution is 5.79. The van der Waals surface area contributed by atoms with Crippen molar-refractivity contribution in [2.45, 2.75) is 26.1 Å². The van der Waals surface area contributed by atoms with Crippen LogP contribution in [0.1, 0.15) is 13.8 Å². The van der Waals surface area contributed by atoms with Crippen LogP contribution < -0.4 is 11.1 Å². The lowest BCUT2D eigenvalue weighted by molar-refractivity contribution is -0.202. The fourth-order valence-corrected chi connectivity index (χ4v) is 1.13. The Morgan fingerprint density at radius 1 is 1.44 bits per heavy atom. The van der Waals surface area contributed by atoms with Crippen LogP contribution in [0.25, 0.3) is 0 Å². The Morgan fingerprint density at radius 2 is 1.94 bits per heavy atom. The number of nitrogens with two attached hydrogens (primary N) is 1. The summed E-state index contributed by atoms with van der Waals surface area (Å²) in [6.45, 7) is 2.71. The Balaban J connectivity index is 4.16. The second kappa shape index (κ2) is 6.05. The standard InChI is InChI=1S/C9H17F3N2O2/c1-5(2)6(3-13)8(16)14-4-7(15)9(10,11)12/h5-7,15H,3-4,13H2,1-2H3,(H,14,16). The van der Waals surface area contributed by atoms with E-state index in [9.17, 15) is 18.0 Å². The number of rotatable bonds is 5. The molecule has 0 saturated heterocycles.